The van der Waals surface area contributed by atoms with Crippen molar-refractivity contribution < 1.29 is 9.13 Å². The van der Waals surface area contributed by atoms with E-state index in [0.29, 0.717) is 12.3 Å². The predicted molar refractivity (Wildman–Crippen MR) is 114 cm³/mol. The zero-order valence-electron chi connectivity index (χ0n) is 16.1. The van der Waals surface area contributed by atoms with Gasteiger partial charge >= 0.3 is 0 Å². The van der Waals surface area contributed by atoms with Gasteiger partial charge in [-0.25, -0.2) is 4.39 Å². The highest BCUT2D eigenvalue weighted by molar-refractivity contribution is 6.31. The van der Waals surface area contributed by atoms with Crippen LogP contribution in [0.4, 0.5) is 10.1 Å². The first-order valence-corrected chi connectivity index (χ1v) is 9.75. The Labute approximate surface area is 177 Å². The predicted octanol–water partition coefficient (Wildman–Crippen LogP) is 4.63. The van der Waals surface area contributed by atoms with Crippen LogP contribution in [0.15, 0.2) is 54.9 Å². The van der Waals surface area contributed by atoms with Crippen molar-refractivity contribution in [2.24, 2.45) is 0 Å². The number of hydrogen-bond acceptors (Lipinski definition) is 5. The minimum atomic E-state index is -0.438. The van der Waals surface area contributed by atoms with Crippen LogP contribution in [0.25, 0.3) is 22.9 Å². The first-order valence-electron chi connectivity index (χ1n) is 9.37. The average Bonchev–Trinajstić information content (AvgIpc) is 3.17. The average molecular weight is 422 g/mol. The first-order chi connectivity index (χ1) is 14.6. The highest BCUT2D eigenvalue weighted by Gasteiger charge is 2.18. The van der Waals surface area contributed by atoms with Crippen molar-refractivity contribution in [3.05, 3.63) is 77.2 Å². The fourth-order valence-corrected chi connectivity index (χ4v) is 3.72. The summed E-state index contributed by atoms with van der Waals surface area (Å²) in [5.74, 6) is 1.05. The van der Waals surface area contributed by atoms with Crippen LogP contribution in [0, 0.1) is 5.82 Å². The summed E-state index contributed by atoms with van der Waals surface area (Å²) in [4.78, 5) is 6.63. The van der Waals surface area contributed by atoms with Gasteiger partial charge in [-0.05, 0) is 41.5 Å². The SMILES string of the molecule is COc1cnc2c(c1)N(Cc1nnc3ccc(-c4ccc(F)c(Cl)c4)cn13)CC=C2. The highest BCUT2D eigenvalue weighted by atomic mass is 35.5. The van der Waals surface area contributed by atoms with Crippen molar-refractivity contribution >= 4 is 29.0 Å². The van der Waals surface area contributed by atoms with E-state index in [2.05, 4.69) is 26.2 Å². The third-order valence-corrected chi connectivity index (χ3v) is 5.40. The van der Waals surface area contributed by atoms with Crippen LogP contribution < -0.4 is 9.64 Å². The molecule has 0 saturated heterocycles. The maximum Gasteiger partial charge on any atom is 0.160 e. The normalized spacial score (nSPS) is 13.0. The van der Waals surface area contributed by atoms with Gasteiger partial charge in [0.1, 0.15) is 11.6 Å². The van der Waals surface area contributed by atoms with Gasteiger partial charge in [-0.2, -0.15) is 0 Å². The molecule has 3 aromatic heterocycles. The van der Waals surface area contributed by atoms with Gasteiger partial charge in [0.15, 0.2) is 11.5 Å². The molecule has 8 heteroatoms. The van der Waals surface area contributed by atoms with Gasteiger partial charge in [0.25, 0.3) is 0 Å². The first kappa shape index (κ1) is 18.6. The molecule has 0 N–H and O–H groups in total. The molecule has 4 aromatic rings. The summed E-state index contributed by atoms with van der Waals surface area (Å²) >= 11 is 5.96. The minimum absolute atomic E-state index is 0.0923. The lowest BCUT2D eigenvalue weighted by Crippen LogP contribution is -2.27. The lowest BCUT2D eigenvalue weighted by molar-refractivity contribution is 0.412. The van der Waals surface area contributed by atoms with Gasteiger partial charge in [0, 0.05) is 18.8 Å². The molecular weight excluding hydrogens is 405 g/mol. The molecule has 1 aliphatic rings. The molecule has 0 fully saturated rings. The third kappa shape index (κ3) is 3.27. The van der Waals surface area contributed by atoms with Crippen LogP contribution in [-0.4, -0.2) is 33.2 Å². The standard InChI is InChI=1S/C22H17ClFN5O/c1-30-16-10-20-19(25-11-16)3-2-8-28(20)13-22-27-26-21-7-5-15(12-29(21)22)14-4-6-18(24)17(23)9-14/h2-7,9-12H,8,13H2,1H3. The van der Waals surface area contributed by atoms with Crippen molar-refractivity contribution in [3.8, 4) is 16.9 Å². The van der Waals surface area contributed by atoms with E-state index < -0.39 is 5.82 Å². The van der Waals surface area contributed by atoms with E-state index in [4.69, 9.17) is 16.3 Å². The van der Waals surface area contributed by atoms with Crippen LogP contribution in [0.3, 0.4) is 0 Å². The van der Waals surface area contributed by atoms with Crippen LogP contribution in [0.1, 0.15) is 11.5 Å². The number of fused-ring (bicyclic) bond motifs is 2. The number of anilines is 1. The Morgan fingerprint density at radius 3 is 2.83 bits per heavy atom. The van der Waals surface area contributed by atoms with Crippen LogP contribution in [0.5, 0.6) is 5.75 Å². The fraction of sp³-hybridized carbons (Fsp3) is 0.136. The van der Waals surface area contributed by atoms with E-state index in [-0.39, 0.29) is 5.02 Å². The molecule has 0 atom stereocenters. The molecule has 4 heterocycles. The number of pyridine rings is 2. The van der Waals surface area contributed by atoms with Crippen LogP contribution in [0.2, 0.25) is 5.02 Å². The Bertz CT molecular complexity index is 1290. The summed E-state index contributed by atoms with van der Waals surface area (Å²) in [7, 11) is 1.63. The van der Waals surface area contributed by atoms with Gasteiger partial charge in [-0.15, -0.1) is 10.2 Å². The van der Waals surface area contributed by atoms with Crippen molar-refractivity contribution in [1.82, 2.24) is 19.6 Å². The molecule has 0 spiro atoms. The summed E-state index contributed by atoms with van der Waals surface area (Å²) in [6.45, 7) is 1.27. The number of methoxy groups -OCH3 is 1. The van der Waals surface area contributed by atoms with E-state index in [9.17, 15) is 4.39 Å². The quantitative estimate of drug-likeness (QED) is 0.481. The van der Waals surface area contributed by atoms with Gasteiger partial charge < -0.3 is 9.64 Å². The number of ether oxygens (including phenoxy) is 1. The second-order valence-electron chi connectivity index (χ2n) is 6.95. The maximum absolute atomic E-state index is 13.5. The molecule has 5 rings (SSSR count). The zero-order valence-corrected chi connectivity index (χ0v) is 16.8. The molecular formula is C22H17ClFN5O. The summed E-state index contributed by atoms with van der Waals surface area (Å²) in [5.41, 5.74) is 4.32. The summed E-state index contributed by atoms with van der Waals surface area (Å²) in [6, 6.07) is 10.5. The maximum atomic E-state index is 13.5. The lowest BCUT2D eigenvalue weighted by Gasteiger charge is -2.27. The number of rotatable bonds is 4. The van der Waals surface area contributed by atoms with Gasteiger partial charge in [-0.1, -0.05) is 23.7 Å². The monoisotopic (exact) mass is 421 g/mol. The summed E-state index contributed by atoms with van der Waals surface area (Å²) in [5, 5.41) is 8.76. The van der Waals surface area contributed by atoms with E-state index >= 15 is 0 Å². The molecule has 0 amide bonds. The Kier molecular flexibility index (Phi) is 4.59. The second kappa shape index (κ2) is 7.42. The van der Waals surface area contributed by atoms with Gasteiger partial charge in [-0.3, -0.25) is 9.38 Å². The smallest absolute Gasteiger partial charge is 0.160 e. The molecule has 1 aromatic carbocycles. The topological polar surface area (TPSA) is 55.5 Å². The fourth-order valence-electron chi connectivity index (χ4n) is 3.54. The molecule has 0 bridgehead atoms. The number of hydrogen-bond donors (Lipinski definition) is 0. The van der Waals surface area contributed by atoms with E-state index in [0.717, 1.165) is 40.5 Å². The number of aromatic nitrogens is 4. The summed E-state index contributed by atoms with van der Waals surface area (Å²) in [6.07, 6.45) is 7.72. The van der Waals surface area contributed by atoms with Crippen molar-refractivity contribution in [2.75, 3.05) is 18.6 Å². The van der Waals surface area contributed by atoms with Crippen molar-refractivity contribution in [3.63, 3.8) is 0 Å². The highest BCUT2D eigenvalue weighted by Crippen LogP contribution is 2.30. The molecule has 30 heavy (non-hydrogen) atoms. The van der Waals surface area contributed by atoms with E-state index in [1.807, 2.05) is 34.9 Å². The number of halogens is 2. The molecule has 0 saturated carbocycles. The Hall–Kier alpha value is -3.45. The van der Waals surface area contributed by atoms with E-state index in [1.54, 1.807) is 25.4 Å². The van der Waals surface area contributed by atoms with Gasteiger partial charge in [0.2, 0.25) is 0 Å². The van der Waals surface area contributed by atoms with Crippen molar-refractivity contribution in [1.29, 1.82) is 0 Å². The van der Waals surface area contributed by atoms with Gasteiger partial charge in [0.05, 0.1) is 36.3 Å². The van der Waals surface area contributed by atoms with Crippen molar-refractivity contribution in [2.45, 2.75) is 6.54 Å². The molecule has 0 unspecified atom stereocenters. The lowest BCUT2D eigenvalue weighted by atomic mass is 10.1. The second-order valence-corrected chi connectivity index (χ2v) is 7.36. The van der Waals surface area contributed by atoms with Crippen LogP contribution >= 0.6 is 11.6 Å². The molecule has 6 nitrogen and oxygen atoms in total. The Balaban J connectivity index is 1.51. The zero-order chi connectivity index (χ0) is 20.7. The molecule has 150 valence electrons. The molecule has 0 aliphatic carbocycles. The number of benzene rings is 1. The molecule has 0 radical (unpaired) electrons. The Morgan fingerprint density at radius 1 is 1.13 bits per heavy atom. The Morgan fingerprint density at radius 2 is 2.00 bits per heavy atom. The molecule has 1 aliphatic heterocycles. The number of nitrogens with zero attached hydrogens (tertiary/aromatic N) is 5. The minimum Gasteiger partial charge on any atom is -0.495 e. The summed E-state index contributed by atoms with van der Waals surface area (Å²) < 4.78 is 20.8. The van der Waals surface area contributed by atoms with E-state index in [1.165, 1.54) is 6.07 Å². The third-order valence-electron chi connectivity index (χ3n) is 5.11. The van der Waals surface area contributed by atoms with Crippen LogP contribution in [-0.2, 0) is 6.54 Å². The largest absolute Gasteiger partial charge is 0.495 e.